The molecule has 0 heterocycles. The van der Waals surface area contributed by atoms with Crippen LogP contribution in [0.3, 0.4) is 0 Å². The first-order valence-corrected chi connectivity index (χ1v) is 9.50. The van der Waals surface area contributed by atoms with Crippen LogP contribution in [0.2, 0.25) is 18.1 Å². The summed E-state index contributed by atoms with van der Waals surface area (Å²) in [6, 6.07) is 0. The molecule has 0 bridgehead atoms. The molecule has 1 atom stereocenters. The highest BCUT2D eigenvalue weighted by molar-refractivity contribution is 6.74. The highest BCUT2D eigenvalue weighted by atomic mass is 28.4. The molecule has 18 heavy (non-hydrogen) atoms. The van der Waals surface area contributed by atoms with Crippen LogP contribution in [-0.4, -0.2) is 26.1 Å². The van der Waals surface area contributed by atoms with Gasteiger partial charge < -0.3 is 9.53 Å². The zero-order chi connectivity index (χ0) is 14.2. The van der Waals surface area contributed by atoms with Crippen molar-refractivity contribution in [1.82, 2.24) is 0 Å². The lowest BCUT2D eigenvalue weighted by Crippen LogP contribution is -2.43. The third-order valence-corrected chi connectivity index (χ3v) is 8.03. The van der Waals surface area contributed by atoms with Gasteiger partial charge in [-0.3, -0.25) is 0 Å². The molecule has 0 aliphatic carbocycles. The van der Waals surface area contributed by atoms with Crippen molar-refractivity contribution in [3.63, 3.8) is 0 Å². The lowest BCUT2D eigenvalue weighted by molar-refractivity contribution is 0.175. The van der Waals surface area contributed by atoms with Crippen LogP contribution in [0.5, 0.6) is 0 Å². The number of aliphatic hydroxyl groups is 1. The van der Waals surface area contributed by atoms with Crippen LogP contribution in [-0.2, 0) is 4.43 Å². The van der Waals surface area contributed by atoms with Crippen LogP contribution in [0.25, 0.3) is 0 Å². The van der Waals surface area contributed by atoms with Gasteiger partial charge in [-0.15, -0.1) is 12.5 Å². The van der Waals surface area contributed by atoms with Gasteiger partial charge >= 0.3 is 0 Å². The molecule has 1 unspecified atom stereocenters. The van der Waals surface area contributed by atoms with Crippen molar-refractivity contribution in [2.24, 2.45) is 0 Å². The maximum atomic E-state index is 8.61. The van der Waals surface area contributed by atoms with Gasteiger partial charge in [0.2, 0.25) is 0 Å². The first-order chi connectivity index (χ1) is 8.24. The Bertz CT molecular complexity index is 305. The van der Waals surface area contributed by atoms with E-state index in [0.29, 0.717) is 0 Å². The van der Waals surface area contributed by atoms with Gasteiger partial charge in [-0.1, -0.05) is 32.8 Å². The molecule has 0 fully saturated rings. The van der Waals surface area contributed by atoms with Gasteiger partial charge in [-0.2, -0.15) is 0 Å². The molecule has 0 aromatic heterocycles. The molecule has 1 N–H and O–H groups in total. The highest BCUT2D eigenvalue weighted by Crippen LogP contribution is 2.38. The van der Waals surface area contributed by atoms with E-state index >= 15 is 0 Å². The first-order valence-electron chi connectivity index (χ1n) is 6.60. The van der Waals surface area contributed by atoms with Gasteiger partial charge in [0.05, 0.1) is 0 Å². The second-order valence-corrected chi connectivity index (χ2v) is 10.8. The fraction of sp³-hybridized carbons (Fsp3) is 0.733. The fourth-order valence-corrected chi connectivity index (χ4v) is 2.78. The van der Waals surface area contributed by atoms with E-state index in [9.17, 15) is 0 Å². The predicted octanol–water partition coefficient (Wildman–Crippen LogP) is 3.73. The van der Waals surface area contributed by atoms with E-state index in [1.54, 1.807) is 0 Å². The Labute approximate surface area is 114 Å². The minimum atomic E-state index is -1.72. The van der Waals surface area contributed by atoms with E-state index in [1.807, 2.05) is 6.08 Å². The maximum Gasteiger partial charge on any atom is 0.192 e. The smallest absolute Gasteiger partial charge is 0.192 e. The number of hydrogen-bond acceptors (Lipinski definition) is 2. The van der Waals surface area contributed by atoms with Gasteiger partial charge in [0, 0.05) is 12.5 Å². The highest BCUT2D eigenvalue weighted by Gasteiger charge is 2.38. The Kier molecular flexibility index (Phi) is 7.54. The second-order valence-electron chi connectivity index (χ2n) is 6.07. The Balaban J connectivity index is 4.47. The minimum Gasteiger partial charge on any atom is -0.414 e. The summed E-state index contributed by atoms with van der Waals surface area (Å²) >= 11 is 0. The zero-order valence-electron chi connectivity index (χ0n) is 12.5. The zero-order valence-corrected chi connectivity index (χ0v) is 13.5. The molecule has 3 heteroatoms. The number of hydrogen-bond donors (Lipinski definition) is 1. The molecule has 0 aromatic rings. The van der Waals surface area contributed by atoms with Crippen molar-refractivity contribution in [1.29, 1.82) is 0 Å². The van der Waals surface area contributed by atoms with E-state index in [-0.39, 0.29) is 17.7 Å². The lowest BCUT2D eigenvalue weighted by Gasteiger charge is -2.39. The van der Waals surface area contributed by atoms with Crippen LogP contribution in [0.15, 0.2) is 12.7 Å². The average Bonchev–Trinajstić information content (AvgIpc) is 2.22. The molecule has 0 rings (SSSR count). The molecule has 0 saturated heterocycles. The molecular formula is C15H28O2Si. The van der Waals surface area contributed by atoms with Crippen molar-refractivity contribution in [3.05, 3.63) is 12.7 Å². The Hall–Kier alpha value is -0.563. The molecule has 0 spiro atoms. The summed E-state index contributed by atoms with van der Waals surface area (Å²) in [4.78, 5) is 0. The first kappa shape index (κ1) is 17.4. The second kappa shape index (κ2) is 7.78. The molecule has 0 aromatic carbocycles. The number of rotatable bonds is 6. The molecule has 0 amide bonds. The Morgan fingerprint density at radius 1 is 1.33 bits per heavy atom. The van der Waals surface area contributed by atoms with Gasteiger partial charge in [0.15, 0.2) is 8.32 Å². The van der Waals surface area contributed by atoms with Crippen molar-refractivity contribution in [3.8, 4) is 11.8 Å². The molecule has 0 radical (unpaired) electrons. The standard InChI is InChI=1S/C15H28O2Si/c1-7-11-14(12-9-8-10-13-16)17-18(5,6)15(2,3)4/h7,14,16H,1,9,11-13H2,2-6H3. The van der Waals surface area contributed by atoms with Gasteiger partial charge in [0.1, 0.15) is 6.61 Å². The maximum absolute atomic E-state index is 8.61. The monoisotopic (exact) mass is 268 g/mol. The Morgan fingerprint density at radius 2 is 1.94 bits per heavy atom. The predicted molar refractivity (Wildman–Crippen MR) is 81.0 cm³/mol. The third-order valence-electron chi connectivity index (χ3n) is 3.49. The van der Waals surface area contributed by atoms with Crippen LogP contribution >= 0.6 is 0 Å². The SMILES string of the molecule is C=CCC(CCC#CCO)O[Si](C)(C)C(C)(C)C. The quantitative estimate of drug-likeness (QED) is 0.452. The summed E-state index contributed by atoms with van der Waals surface area (Å²) in [5, 5.41) is 8.84. The van der Waals surface area contributed by atoms with Crippen molar-refractivity contribution < 1.29 is 9.53 Å². The summed E-state index contributed by atoms with van der Waals surface area (Å²) < 4.78 is 6.36. The molecular weight excluding hydrogens is 240 g/mol. The minimum absolute atomic E-state index is 0.0603. The normalized spacial score (nSPS) is 13.7. The average molecular weight is 268 g/mol. The summed E-state index contributed by atoms with van der Waals surface area (Å²) in [6.45, 7) is 15.0. The fourth-order valence-electron chi connectivity index (χ4n) is 1.38. The third kappa shape index (κ3) is 6.39. The van der Waals surface area contributed by atoms with E-state index in [0.717, 1.165) is 19.3 Å². The Morgan fingerprint density at radius 3 is 2.39 bits per heavy atom. The molecule has 104 valence electrons. The van der Waals surface area contributed by atoms with Crippen LogP contribution in [0, 0.1) is 11.8 Å². The number of aliphatic hydroxyl groups excluding tert-OH is 1. The topological polar surface area (TPSA) is 29.5 Å². The van der Waals surface area contributed by atoms with Gasteiger partial charge in [0.25, 0.3) is 0 Å². The van der Waals surface area contributed by atoms with Gasteiger partial charge in [-0.05, 0) is 31.0 Å². The lowest BCUT2D eigenvalue weighted by atomic mass is 10.1. The van der Waals surface area contributed by atoms with Crippen molar-refractivity contribution in [2.45, 2.75) is 64.3 Å². The van der Waals surface area contributed by atoms with E-state index < -0.39 is 8.32 Å². The summed E-state index contributed by atoms with van der Waals surface area (Å²) in [5.74, 6) is 5.62. The summed E-state index contributed by atoms with van der Waals surface area (Å²) in [5.41, 5.74) is 0. The van der Waals surface area contributed by atoms with Crippen molar-refractivity contribution >= 4 is 8.32 Å². The van der Waals surface area contributed by atoms with Gasteiger partial charge in [-0.25, -0.2) is 0 Å². The van der Waals surface area contributed by atoms with E-state index in [2.05, 4.69) is 52.3 Å². The molecule has 2 nitrogen and oxygen atoms in total. The van der Waals surface area contributed by atoms with E-state index in [4.69, 9.17) is 9.53 Å². The largest absolute Gasteiger partial charge is 0.414 e. The van der Waals surface area contributed by atoms with Crippen LogP contribution in [0.1, 0.15) is 40.0 Å². The van der Waals surface area contributed by atoms with Crippen LogP contribution in [0.4, 0.5) is 0 Å². The summed E-state index contributed by atoms with van der Waals surface area (Å²) in [6.07, 6.45) is 4.67. The molecule has 0 aliphatic heterocycles. The van der Waals surface area contributed by atoms with Crippen LogP contribution < -0.4 is 0 Å². The summed E-state index contributed by atoms with van der Waals surface area (Å²) in [7, 11) is -1.72. The van der Waals surface area contributed by atoms with Crippen molar-refractivity contribution in [2.75, 3.05) is 6.61 Å². The molecule has 0 aliphatic rings. The van der Waals surface area contributed by atoms with E-state index in [1.165, 1.54) is 0 Å². The molecule has 0 saturated carbocycles.